The van der Waals surface area contributed by atoms with Crippen LogP contribution in [0.15, 0.2) is 24.3 Å². The average molecular weight is 270 g/mol. The van der Waals surface area contributed by atoms with Crippen molar-refractivity contribution >= 4 is 23.2 Å². The quantitative estimate of drug-likeness (QED) is 0.899. The van der Waals surface area contributed by atoms with Crippen LogP contribution < -0.4 is 5.73 Å². The lowest BCUT2D eigenvalue weighted by atomic mass is 10.1. The van der Waals surface area contributed by atoms with Crippen molar-refractivity contribution < 1.29 is 0 Å². The molecule has 1 atom stereocenters. The topological polar surface area (TPSA) is 54.7 Å². The van der Waals surface area contributed by atoms with Crippen LogP contribution in [-0.4, -0.2) is 16.2 Å². The Kier molecular flexibility index (Phi) is 3.72. The maximum atomic E-state index is 5.96. The van der Waals surface area contributed by atoms with Crippen molar-refractivity contribution in [2.24, 2.45) is 5.73 Å². The van der Waals surface area contributed by atoms with Crippen LogP contribution in [0.4, 0.5) is 0 Å². The molecule has 1 aromatic heterocycles. The molecule has 1 heterocycles. The summed E-state index contributed by atoms with van der Waals surface area (Å²) in [5.74, 6) is 0. The summed E-state index contributed by atoms with van der Waals surface area (Å²) in [7, 11) is 0. The molecule has 0 saturated carbocycles. The molecule has 1 aromatic carbocycles. The highest BCUT2D eigenvalue weighted by atomic mass is 35.5. The van der Waals surface area contributed by atoms with Gasteiger partial charge in [0.2, 0.25) is 0 Å². The lowest BCUT2D eigenvalue weighted by Crippen LogP contribution is -2.17. The van der Waals surface area contributed by atoms with Gasteiger partial charge in [0.15, 0.2) is 0 Å². The molecule has 2 rings (SSSR count). The molecule has 17 heavy (non-hydrogen) atoms. The van der Waals surface area contributed by atoms with Gasteiger partial charge in [-0.1, -0.05) is 29.3 Å². The molecule has 3 nitrogen and oxygen atoms in total. The number of benzene rings is 1. The first-order chi connectivity index (χ1) is 8.06. The van der Waals surface area contributed by atoms with Gasteiger partial charge in [-0.05, 0) is 25.1 Å². The fourth-order valence-electron chi connectivity index (χ4n) is 1.62. The van der Waals surface area contributed by atoms with E-state index in [1.165, 1.54) is 0 Å². The van der Waals surface area contributed by atoms with E-state index in [1.54, 1.807) is 12.1 Å². The number of rotatable bonds is 3. The monoisotopic (exact) mass is 269 g/mol. The first-order valence-electron chi connectivity index (χ1n) is 5.31. The average Bonchev–Trinajstić information content (AvgIpc) is 2.69. The van der Waals surface area contributed by atoms with Gasteiger partial charge in [0, 0.05) is 23.7 Å². The van der Waals surface area contributed by atoms with E-state index in [9.17, 15) is 0 Å². The Morgan fingerprint density at radius 2 is 2.06 bits per heavy atom. The summed E-state index contributed by atoms with van der Waals surface area (Å²) >= 11 is 11.8. The minimum Gasteiger partial charge on any atom is -0.328 e. The summed E-state index contributed by atoms with van der Waals surface area (Å²) in [5.41, 5.74) is 8.53. The Bertz CT molecular complexity index is 520. The number of halogens is 2. The number of aromatic nitrogens is 2. The highest BCUT2D eigenvalue weighted by Gasteiger charge is 2.07. The highest BCUT2D eigenvalue weighted by Crippen LogP contribution is 2.27. The van der Waals surface area contributed by atoms with Crippen molar-refractivity contribution in [1.29, 1.82) is 0 Å². The van der Waals surface area contributed by atoms with Crippen molar-refractivity contribution in [3.63, 3.8) is 0 Å². The van der Waals surface area contributed by atoms with E-state index in [-0.39, 0.29) is 6.04 Å². The number of H-pyrrole nitrogens is 1. The zero-order valence-electron chi connectivity index (χ0n) is 9.37. The van der Waals surface area contributed by atoms with Crippen LogP contribution in [0.25, 0.3) is 11.3 Å². The summed E-state index contributed by atoms with van der Waals surface area (Å²) in [6.07, 6.45) is 0.772. The van der Waals surface area contributed by atoms with Gasteiger partial charge in [0.1, 0.15) is 0 Å². The second-order valence-electron chi connectivity index (χ2n) is 4.09. The number of aromatic amines is 1. The smallest absolute Gasteiger partial charge is 0.0924 e. The van der Waals surface area contributed by atoms with Gasteiger partial charge in [0.25, 0.3) is 0 Å². The molecule has 0 saturated heterocycles. The summed E-state index contributed by atoms with van der Waals surface area (Å²) in [6, 6.07) is 7.54. The number of nitrogens with two attached hydrogens (primary N) is 1. The number of hydrogen-bond donors (Lipinski definition) is 2. The van der Waals surface area contributed by atoms with Crippen LogP contribution in [0.5, 0.6) is 0 Å². The highest BCUT2D eigenvalue weighted by molar-refractivity contribution is 6.42. The normalized spacial score (nSPS) is 12.7. The minimum absolute atomic E-state index is 0.108. The number of hydrogen-bond acceptors (Lipinski definition) is 2. The van der Waals surface area contributed by atoms with Crippen molar-refractivity contribution in [3.8, 4) is 11.3 Å². The summed E-state index contributed by atoms with van der Waals surface area (Å²) in [5, 5.41) is 8.26. The van der Waals surface area contributed by atoms with Gasteiger partial charge in [-0.3, -0.25) is 5.10 Å². The van der Waals surface area contributed by atoms with Crippen LogP contribution in [0.3, 0.4) is 0 Å². The Hall–Kier alpha value is -1.03. The van der Waals surface area contributed by atoms with Gasteiger partial charge in [-0.15, -0.1) is 0 Å². The molecular formula is C12H13Cl2N3. The molecule has 0 bridgehead atoms. The third-order valence-corrected chi connectivity index (χ3v) is 3.13. The zero-order chi connectivity index (χ0) is 12.4. The van der Waals surface area contributed by atoms with Crippen molar-refractivity contribution in [2.75, 3.05) is 0 Å². The van der Waals surface area contributed by atoms with Gasteiger partial charge >= 0.3 is 0 Å². The van der Waals surface area contributed by atoms with Crippen LogP contribution in [0.2, 0.25) is 10.0 Å². The molecule has 2 aromatic rings. The molecule has 0 spiro atoms. The second-order valence-corrected chi connectivity index (χ2v) is 4.90. The Morgan fingerprint density at radius 3 is 2.71 bits per heavy atom. The van der Waals surface area contributed by atoms with Crippen molar-refractivity contribution in [3.05, 3.63) is 40.0 Å². The first kappa shape index (κ1) is 12.4. The SMILES string of the molecule is CC(N)Cc1cc(-c2ccc(Cl)c(Cl)c2)n[nH]1. The molecule has 0 amide bonds. The summed E-state index contributed by atoms with van der Waals surface area (Å²) < 4.78 is 0. The van der Waals surface area contributed by atoms with E-state index >= 15 is 0 Å². The number of nitrogens with zero attached hydrogens (tertiary/aromatic N) is 1. The Morgan fingerprint density at radius 1 is 1.29 bits per heavy atom. The minimum atomic E-state index is 0.108. The van der Waals surface area contributed by atoms with E-state index in [1.807, 2.05) is 19.1 Å². The fraction of sp³-hybridized carbons (Fsp3) is 0.250. The van der Waals surface area contributed by atoms with E-state index < -0.39 is 0 Å². The predicted molar refractivity (Wildman–Crippen MR) is 71.4 cm³/mol. The molecule has 0 radical (unpaired) electrons. The van der Waals surface area contributed by atoms with Crippen LogP contribution in [-0.2, 0) is 6.42 Å². The van der Waals surface area contributed by atoms with E-state index in [0.29, 0.717) is 10.0 Å². The maximum absolute atomic E-state index is 5.96. The third kappa shape index (κ3) is 3.00. The third-order valence-electron chi connectivity index (χ3n) is 2.39. The largest absolute Gasteiger partial charge is 0.328 e. The molecule has 0 aliphatic heterocycles. The molecule has 3 N–H and O–H groups in total. The van der Waals surface area contributed by atoms with Gasteiger partial charge in [-0.2, -0.15) is 5.10 Å². The lowest BCUT2D eigenvalue weighted by Gasteiger charge is -2.00. The molecular weight excluding hydrogens is 257 g/mol. The standard InChI is InChI=1S/C12H13Cl2N3/c1-7(15)4-9-6-12(17-16-9)8-2-3-10(13)11(14)5-8/h2-3,5-7H,4,15H2,1H3,(H,16,17). The van der Waals surface area contributed by atoms with E-state index in [0.717, 1.165) is 23.4 Å². The second kappa shape index (κ2) is 5.08. The van der Waals surface area contributed by atoms with E-state index in [2.05, 4.69) is 10.2 Å². The van der Waals surface area contributed by atoms with Crippen LogP contribution >= 0.6 is 23.2 Å². The Labute approximate surface area is 110 Å². The van der Waals surface area contributed by atoms with Gasteiger partial charge in [-0.25, -0.2) is 0 Å². The molecule has 1 unspecified atom stereocenters. The van der Waals surface area contributed by atoms with E-state index in [4.69, 9.17) is 28.9 Å². The maximum Gasteiger partial charge on any atom is 0.0924 e. The molecule has 90 valence electrons. The van der Waals surface area contributed by atoms with Gasteiger partial charge in [0.05, 0.1) is 15.7 Å². The lowest BCUT2D eigenvalue weighted by molar-refractivity contribution is 0.719. The zero-order valence-corrected chi connectivity index (χ0v) is 10.9. The summed E-state index contributed by atoms with van der Waals surface area (Å²) in [6.45, 7) is 1.96. The number of nitrogens with one attached hydrogen (secondary N) is 1. The van der Waals surface area contributed by atoms with Crippen molar-refractivity contribution in [2.45, 2.75) is 19.4 Å². The summed E-state index contributed by atoms with van der Waals surface area (Å²) in [4.78, 5) is 0. The molecule has 0 fully saturated rings. The first-order valence-corrected chi connectivity index (χ1v) is 6.07. The van der Waals surface area contributed by atoms with Crippen LogP contribution in [0.1, 0.15) is 12.6 Å². The van der Waals surface area contributed by atoms with Gasteiger partial charge < -0.3 is 5.73 Å². The Balaban J connectivity index is 2.27. The molecule has 0 aliphatic rings. The van der Waals surface area contributed by atoms with Crippen LogP contribution in [0, 0.1) is 0 Å². The predicted octanol–water partition coefficient (Wildman–Crippen LogP) is 3.27. The van der Waals surface area contributed by atoms with Crippen molar-refractivity contribution in [1.82, 2.24) is 10.2 Å². The molecule has 5 heteroatoms. The molecule has 0 aliphatic carbocycles. The fourth-order valence-corrected chi connectivity index (χ4v) is 1.91.